The van der Waals surface area contributed by atoms with Crippen LogP contribution >= 0.6 is 0 Å². The van der Waals surface area contributed by atoms with Crippen molar-refractivity contribution in [3.05, 3.63) is 97.1 Å². The molecule has 0 fully saturated rings. The minimum absolute atomic E-state index is 0. The van der Waals surface area contributed by atoms with Crippen molar-refractivity contribution in [2.24, 2.45) is 0 Å². The average Bonchev–Trinajstić information content (AvgIpc) is 2.72. The molecule has 0 aliphatic rings. The molecule has 4 aromatic carbocycles. The summed E-state index contributed by atoms with van der Waals surface area (Å²) >= 11 is 0. The fourth-order valence-electron chi connectivity index (χ4n) is 2.94. The number of nitrogen functional groups attached to an aromatic ring is 2. The van der Waals surface area contributed by atoms with Gasteiger partial charge >= 0.3 is 0 Å². The summed E-state index contributed by atoms with van der Waals surface area (Å²) in [6.45, 7) is 0. The monoisotopic (exact) mass is 402 g/mol. The molecule has 0 amide bonds. The van der Waals surface area contributed by atoms with Crippen molar-refractivity contribution in [2.45, 2.75) is 0 Å². The highest BCUT2D eigenvalue weighted by Gasteiger charge is 2.14. The van der Waals surface area contributed by atoms with Gasteiger partial charge in [-0.2, -0.15) is 0 Å². The summed E-state index contributed by atoms with van der Waals surface area (Å²) < 4.78 is 12.2. The second-order valence-corrected chi connectivity index (χ2v) is 6.27. The summed E-state index contributed by atoms with van der Waals surface area (Å²) in [6.07, 6.45) is 0. The van der Waals surface area contributed by atoms with Crippen LogP contribution in [0.15, 0.2) is 97.1 Å². The average molecular weight is 402 g/mol. The van der Waals surface area contributed by atoms with Crippen molar-refractivity contribution < 1.29 is 9.47 Å². The van der Waals surface area contributed by atoms with E-state index < -0.39 is 0 Å². The van der Waals surface area contributed by atoms with Crippen molar-refractivity contribution in [1.82, 2.24) is 12.3 Å². The Kier molecular flexibility index (Phi) is 7.41. The summed E-state index contributed by atoms with van der Waals surface area (Å²) in [7, 11) is 0. The molecule has 30 heavy (non-hydrogen) atoms. The Balaban J connectivity index is 0.00000160. The first-order valence-corrected chi connectivity index (χ1v) is 8.95. The van der Waals surface area contributed by atoms with Gasteiger partial charge in [-0.1, -0.05) is 60.7 Å². The molecule has 6 heteroatoms. The lowest BCUT2D eigenvalue weighted by atomic mass is 10.0. The lowest BCUT2D eigenvalue weighted by Gasteiger charge is -2.16. The third-order valence-electron chi connectivity index (χ3n) is 4.34. The maximum atomic E-state index is 6.12. The van der Waals surface area contributed by atoms with Crippen LogP contribution in [-0.2, 0) is 0 Å². The van der Waals surface area contributed by atoms with Gasteiger partial charge in [-0.25, -0.2) is 0 Å². The van der Waals surface area contributed by atoms with E-state index in [0.717, 1.165) is 11.1 Å². The van der Waals surface area contributed by atoms with E-state index in [9.17, 15) is 0 Å². The van der Waals surface area contributed by atoms with Gasteiger partial charge < -0.3 is 33.2 Å². The molecule has 0 bridgehead atoms. The van der Waals surface area contributed by atoms with Crippen LogP contribution in [0.3, 0.4) is 0 Å². The first-order valence-electron chi connectivity index (χ1n) is 8.95. The Morgan fingerprint density at radius 1 is 0.400 bits per heavy atom. The minimum atomic E-state index is 0. The maximum absolute atomic E-state index is 6.12. The van der Waals surface area contributed by atoms with Gasteiger partial charge in [0.25, 0.3) is 0 Å². The fourth-order valence-corrected chi connectivity index (χ4v) is 2.94. The quantitative estimate of drug-likeness (QED) is 0.284. The molecule has 0 atom stereocenters. The van der Waals surface area contributed by atoms with Gasteiger partial charge in [-0.05, 0) is 36.4 Å². The molecule has 0 aliphatic carbocycles. The van der Waals surface area contributed by atoms with Gasteiger partial charge in [0.15, 0.2) is 0 Å². The Morgan fingerprint density at radius 3 is 1.07 bits per heavy atom. The van der Waals surface area contributed by atoms with E-state index in [1.54, 1.807) is 0 Å². The summed E-state index contributed by atoms with van der Waals surface area (Å²) in [5, 5.41) is 0. The highest BCUT2D eigenvalue weighted by Crippen LogP contribution is 2.41. The zero-order valence-electron chi connectivity index (χ0n) is 16.6. The van der Waals surface area contributed by atoms with Gasteiger partial charge in [0.1, 0.15) is 23.0 Å². The number of para-hydroxylation sites is 6. The van der Waals surface area contributed by atoms with E-state index in [2.05, 4.69) is 0 Å². The third kappa shape index (κ3) is 4.70. The summed E-state index contributed by atoms with van der Waals surface area (Å²) in [5.41, 5.74) is 15.0. The van der Waals surface area contributed by atoms with Gasteiger partial charge in [0.2, 0.25) is 0 Å². The maximum Gasteiger partial charge on any atom is 0.150 e. The van der Waals surface area contributed by atoms with E-state index in [0.29, 0.717) is 34.4 Å². The van der Waals surface area contributed by atoms with Crippen LogP contribution in [0.1, 0.15) is 0 Å². The highest BCUT2D eigenvalue weighted by atomic mass is 16.5. The van der Waals surface area contributed by atoms with Crippen LogP contribution < -0.4 is 33.2 Å². The molecule has 4 rings (SSSR count). The Labute approximate surface area is 176 Å². The predicted octanol–water partition coefficient (Wildman–Crippen LogP) is 6.43. The van der Waals surface area contributed by atoms with Crippen molar-refractivity contribution >= 4 is 11.4 Å². The molecule has 0 saturated heterocycles. The number of hydrogen-bond donors (Lipinski definition) is 4. The molecule has 4 aromatic rings. The summed E-state index contributed by atoms with van der Waals surface area (Å²) in [6, 6.07) is 30.4. The summed E-state index contributed by atoms with van der Waals surface area (Å²) in [4.78, 5) is 0. The number of benzene rings is 4. The highest BCUT2D eigenvalue weighted by molar-refractivity contribution is 5.77. The smallest absolute Gasteiger partial charge is 0.150 e. The first-order chi connectivity index (χ1) is 13.7. The minimum Gasteiger partial charge on any atom is -0.455 e. The molecule has 154 valence electrons. The van der Waals surface area contributed by atoms with Gasteiger partial charge in [0.05, 0.1) is 11.4 Å². The number of nitrogens with two attached hydrogens (primary N) is 2. The lowest BCUT2D eigenvalue weighted by molar-refractivity contribution is 0.480. The first kappa shape index (κ1) is 22.3. The molecule has 0 unspecified atom stereocenters. The van der Waals surface area contributed by atoms with Crippen molar-refractivity contribution in [2.75, 3.05) is 11.5 Å². The van der Waals surface area contributed by atoms with Crippen LogP contribution in [0.2, 0.25) is 0 Å². The van der Waals surface area contributed by atoms with Crippen molar-refractivity contribution in [3.63, 3.8) is 0 Å². The SMILES string of the molecule is N.N.Nc1ccccc1Oc1ccccc1-c1ccccc1Oc1ccccc1N. The molecule has 0 saturated carbocycles. The predicted molar refractivity (Wildman–Crippen MR) is 124 cm³/mol. The number of hydrogen-bond acceptors (Lipinski definition) is 6. The Bertz CT molecular complexity index is 1030. The molecule has 0 heterocycles. The standard InChI is InChI=1S/C24H20N2O2.2H3N/c25-19-11-3-7-15-23(19)27-21-13-5-1-9-17(21)18-10-2-6-14-22(18)28-24-16-8-4-12-20(24)26;;/h1-16H,25-26H2;2*1H3. The lowest BCUT2D eigenvalue weighted by Crippen LogP contribution is -1.95. The third-order valence-corrected chi connectivity index (χ3v) is 4.34. The fraction of sp³-hybridized carbons (Fsp3) is 0. The number of ether oxygens (including phenoxy) is 2. The van der Waals surface area contributed by atoms with Crippen LogP contribution in [0.25, 0.3) is 11.1 Å². The van der Waals surface area contributed by atoms with Gasteiger partial charge in [0, 0.05) is 11.1 Å². The molecule has 6 nitrogen and oxygen atoms in total. The second kappa shape index (κ2) is 9.97. The zero-order valence-corrected chi connectivity index (χ0v) is 16.6. The Morgan fingerprint density at radius 2 is 0.700 bits per heavy atom. The Hall–Kier alpha value is -4.00. The van der Waals surface area contributed by atoms with Crippen LogP contribution in [-0.4, -0.2) is 0 Å². The van der Waals surface area contributed by atoms with Crippen LogP contribution in [0, 0.1) is 0 Å². The van der Waals surface area contributed by atoms with E-state index in [-0.39, 0.29) is 12.3 Å². The van der Waals surface area contributed by atoms with E-state index in [1.807, 2.05) is 97.1 Å². The van der Waals surface area contributed by atoms with Gasteiger partial charge in [-0.3, -0.25) is 0 Å². The van der Waals surface area contributed by atoms with Gasteiger partial charge in [-0.15, -0.1) is 0 Å². The zero-order chi connectivity index (χ0) is 19.3. The molecular formula is C24H26N4O2. The van der Waals surface area contributed by atoms with E-state index in [4.69, 9.17) is 20.9 Å². The topological polar surface area (TPSA) is 140 Å². The normalized spacial score (nSPS) is 9.73. The summed E-state index contributed by atoms with van der Waals surface area (Å²) in [5.74, 6) is 2.61. The molecule has 0 aromatic heterocycles. The molecule has 0 radical (unpaired) electrons. The van der Waals surface area contributed by atoms with Crippen LogP contribution in [0.5, 0.6) is 23.0 Å². The molecule has 0 aliphatic heterocycles. The number of rotatable bonds is 5. The van der Waals surface area contributed by atoms with Crippen LogP contribution in [0.4, 0.5) is 11.4 Å². The largest absolute Gasteiger partial charge is 0.455 e. The van der Waals surface area contributed by atoms with E-state index >= 15 is 0 Å². The molecular weight excluding hydrogens is 376 g/mol. The van der Waals surface area contributed by atoms with Crippen molar-refractivity contribution in [3.8, 4) is 34.1 Å². The number of anilines is 2. The van der Waals surface area contributed by atoms with E-state index in [1.165, 1.54) is 0 Å². The molecule has 0 spiro atoms. The molecule has 10 N–H and O–H groups in total. The van der Waals surface area contributed by atoms with Crippen molar-refractivity contribution in [1.29, 1.82) is 0 Å². The second-order valence-electron chi connectivity index (χ2n) is 6.27.